The number of carbonyl (C=O) groups is 2. The van der Waals surface area contributed by atoms with E-state index in [9.17, 15) is 14.9 Å². The second-order valence-electron chi connectivity index (χ2n) is 6.82. The number of rotatable bonds is 5. The molecule has 0 fully saturated rings. The topological polar surface area (TPSA) is 79.2 Å². The third-order valence-corrected chi connectivity index (χ3v) is 4.33. The second-order valence-corrected chi connectivity index (χ2v) is 6.82. The average molecular weight is 396 g/mol. The summed E-state index contributed by atoms with van der Waals surface area (Å²) in [6, 6.07) is 22.9. The lowest BCUT2D eigenvalue weighted by molar-refractivity contribution is -0.112. The van der Waals surface area contributed by atoms with E-state index in [1.54, 1.807) is 42.5 Å². The SMILES string of the molecule is Cc1ccc(C(=O)Oc2ccc(C=C(C#N)C(=O)Nc3cccc(C)c3)cc2)cc1. The van der Waals surface area contributed by atoms with Crippen LogP contribution in [0.4, 0.5) is 5.69 Å². The Kier molecular flexibility index (Phi) is 6.41. The van der Waals surface area contributed by atoms with Crippen LogP contribution in [0.2, 0.25) is 0 Å². The highest BCUT2D eigenvalue weighted by Crippen LogP contribution is 2.17. The van der Waals surface area contributed by atoms with Gasteiger partial charge in [0.05, 0.1) is 5.56 Å². The van der Waals surface area contributed by atoms with Gasteiger partial charge in [-0.2, -0.15) is 5.26 Å². The molecule has 0 radical (unpaired) electrons. The fourth-order valence-corrected chi connectivity index (χ4v) is 2.72. The number of esters is 1. The molecule has 0 heterocycles. The van der Waals surface area contributed by atoms with E-state index in [0.29, 0.717) is 22.6 Å². The van der Waals surface area contributed by atoms with E-state index in [1.165, 1.54) is 6.08 Å². The summed E-state index contributed by atoms with van der Waals surface area (Å²) >= 11 is 0. The Balaban J connectivity index is 1.68. The summed E-state index contributed by atoms with van der Waals surface area (Å²) in [4.78, 5) is 24.6. The molecule has 3 aromatic carbocycles. The van der Waals surface area contributed by atoms with Gasteiger partial charge in [0, 0.05) is 5.69 Å². The van der Waals surface area contributed by atoms with Gasteiger partial charge in [-0.1, -0.05) is 42.0 Å². The number of benzene rings is 3. The Morgan fingerprint density at radius 2 is 1.63 bits per heavy atom. The third kappa shape index (κ3) is 5.43. The van der Waals surface area contributed by atoms with E-state index in [0.717, 1.165) is 11.1 Å². The van der Waals surface area contributed by atoms with Crippen LogP contribution < -0.4 is 10.1 Å². The fraction of sp³-hybridized carbons (Fsp3) is 0.0800. The fourth-order valence-electron chi connectivity index (χ4n) is 2.72. The molecular weight excluding hydrogens is 376 g/mol. The minimum absolute atomic E-state index is 0.0269. The number of carbonyl (C=O) groups excluding carboxylic acids is 2. The Hall–Kier alpha value is -4.17. The van der Waals surface area contributed by atoms with Crippen LogP contribution in [0.15, 0.2) is 78.4 Å². The van der Waals surface area contributed by atoms with Gasteiger partial charge in [-0.05, 0) is 67.4 Å². The Bertz CT molecular complexity index is 1140. The molecule has 0 aliphatic carbocycles. The predicted octanol–water partition coefficient (Wildman–Crippen LogP) is 5.07. The number of amides is 1. The largest absolute Gasteiger partial charge is 0.423 e. The first-order chi connectivity index (χ1) is 14.4. The van der Waals surface area contributed by atoms with Gasteiger partial charge < -0.3 is 10.1 Å². The highest BCUT2D eigenvalue weighted by atomic mass is 16.5. The number of hydrogen-bond donors (Lipinski definition) is 1. The number of anilines is 1. The van der Waals surface area contributed by atoms with Crippen LogP contribution in [0.1, 0.15) is 27.0 Å². The lowest BCUT2D eigenvalue weighted by atomic mass is 10.1. The first-order valence-electron chi connectivity index (χ1n) is 9.33. The minimum Gasteiger partial charge on any atom is -0.423 e. The molecule has 1 amide bonds. The van der Waals surface area contributed by atoms with Crippen molar-refractivity contribution in [1.82, 2.24) is 0 Å². The summed E-state index contributed by atoms with van der Waals surface area (Å²) < 4.78 is 5.36. The monoisotopic (exact) mass is 396 g/mol. The number of nitrogens with zero attached hydrogens (tertiary/aromatic N) is 1. The zero-order chi connectivity index (χ0) is 21.5. The minimum atomic E-state index is -0.488. The van der Waals surface area contributed by atoms with Gasteiger partial charge in [-0.15, -0.1) is 0 Å². The maximum absolute atomic E-state index is 12.4. The summed E-state index contributed by atoms with van der Waals surface area (Å²) in [6.45, 7) is 3.86. The number of ether oxygens (including phenoxy) is 1. The van der Waals surface area contributed by atoms with Crippen LogP contribution in [0.3, 0.4) is 0 Å². The molecule has 1 N–H and O–H groups in total. The lowest BCUT2D eigenvalue weighted by Gasteiger charge is -2.06. The third-order valence-electron chi connectivity index (χ3n) is 4.33. The highest BCUT2D eigenvalue weighted by molar-refractivity contribution is 6.09. The van der Waals surface area contributed by atoms with Crippen molar-refractivity contribution in [3.05, 3.63) is 101 Å². The van der Waals surface area contributed by atoms with Crippen molar-refractivity contribution in [1.29, 1.82) is 5.26 Å². The zero-order valence-electron chi connectivity index (χ0n) is 16.7. The van der Waals surface area contributed by atoms with E-state index >= 15 is 0 Å². The van der Waals surface area contributed by atoms with E-state index in [1.807, 2.05) is 50.2 Å². The van der Waals surface area contributed by atoms with Crippen molar-refractivity contribution < 1.29 is 14.3 Å². The summed E-state index contributed by atoms with van der Waals surface area (Å²) in [5.41, 5.74) is 3.76. The Labute approximate surface area is 175 Å². The van der Waals surface area contributed by atoms with Crippen LogP contribution >= 0.6 is 0 Å². The van der Waals surface area contributed by atoms with Gasteiger partial charge in [0.1, 0.15) is 17.4 Å². The number of hydrogen-bond acceptors (Lipinski definition) is 4. The maximum Gasteiger partial charge on any atom is 0.343 e. The van der Waals surface area contributed by atoms with Crippen LogP contribution in [0.5, 0.6) is 5.75 Å². The molecule has 5 nitrogen and oxygen atoms in total. The van der Waals surface area contributed by atoms with Gasteiger partial charge >= 0.3 is 5.97 Å². The van der Waals surface area contributed by atoms with Crippen molar-refractivity contribution in [3.8, 4) is 11.8 Å². The average Bonchev–Trinajstić information content (AvgIpc) is 2.73. The lowest BCUT2D eigenvalue weighted by Crippen LogP contribution is -2.13. The molecule has 5 heteroatoms. The first-order valence-corrected chi connectivity index (χ1v) is 9.33. The van der Waals surface area contributed by atoms with E-state index in [-0.39, 0.29) is 5.57 Å². The number of nitriles is 1. The smallest absolute Gasteiger partial charge is 0.343 e. The molecule has 0 aliphatic heterocycles. The molecule has 0 aromatic heterocycles. The molecule has 0 aliphatic rings. The number of nitrogens with one attached hydrogen (secondary N) is 1. The van der Waals surface area contributed by atoms with Crippen molar-refractivity contribution >= 4 is 23.6 Å². The summed E-state index contributed by atoms with van der Waals surface area (Å²) in [6.07, 6.45) is 1.48. The van der Waals surface area contributed by atoms with Crippen LogP contribution in [-0.2, 0) is 4.79 Å². The van der Waals surface area contributed by atoms with Crippen molar-refractivity contribution in [3.63, 3.8) is 0 Å². The molecule has 0 bridgehead atoms. The van der Waals surface area contributed by atoms with Crippen LogP contribution in [-0.4, -0.2) is 11.9 Å². The Morgan fingerprint density at radius 1 is 0.933 bits per heavy atom. The summed E-state index contributed by atoms with van der Waals surface area (Å²) in [5, 5.41) is 12.1. The van der Waals surface area contributed by atoms with Gasteiger partial charge in [-0.25, -0.2) is 4.79 Å². The molecule has 3 aromatic rings. The molecule has 0 saturated heterocycles. The molecule has 148 valence electrons. The molecule has 0 atom stereocenters. The van der Waals surface area contributed by atoms with Crippen molar-refractivity contribution in [2.45, 2.75) is 13.8 Å². The standard InChI is InChI=1S/C25H20N2O3/c1-17-6-10-20(11-7-17)25(29)30-23-12-8-19(9-13-23)15-21(16-26)24(28)27-22-5-3-4-18(2)14-22/h3-15H,1-2H3,(H,27,28). The molecule has 0 saturated carbocycles. The van der Waals surface area contributed by atoms with Crippen molar-refractivity contribution in [2.24, 2.45) is 0 Å². The van der Waals surface area contributed by atoms with Gasteiger partial charge in [0.25, 0.3) is 5.91 Å². The van der Waals surface area contributed by atoms with Crippen molar-refractivity contribution in [2.75, 3.05) is 5.32 Å². The normalized spacial score (nSPS) is 10.8. The highest BCUT2D eigenvalue weighted by Gasteiger charge is 2.11. The van der Waals surface area contributed by atoms with Crippen LogP contribution in [0.25, 0.3) is 6.08 Å². The predicted molar refractivity (Wildman–Crippen MR) is 116 cm³/mol. The zero-order valence-corrected chi connectivity index (χ0v) is 16.7. The molecule has 0 spiro atoms. The molecule has 0 unspecified atom stereocenters. The summed E-state index contributed by atoms with van der Waals surface area (Å²) in [7, 11) is 0. The molecule has 3 rings (SSSR count). The second kappa shape index (κ2) is 9.35. The van der Waals surface area contributed by atoms with Gasteiger partial charge in [0.15, 0.2) is 0 Å². The van der Waals surface area contributed by atoms with Gasteiger partial charge in [0.2, 0.25) is 0 Å². The summed E-state index contributed by atoms with van der Waals surface area (Å²) in [5.74, 6) is -0.563. The maximum atomic E-state index is 12.4. The van der Waals surface area contributed by atoms with E-state index < -0.39 is 11.9 Å². The first kappa shape index (κ1) is 20.6. The molecule has 30 heavy (non-hydrogen) atoms. The molecular formula is C25H20N2O3. The Morgan fingerprint density at radius 3 is 2.27 bits per heavy atom. The number of aryl methyl sites for hydroxylation is 2. The van der Waals surface area contributed by atoms with Crippen LogP contribution in [0, 0.1) is 25.2 Å². The van der Waals surface area contributed by atoms with Gasteiger partial charge in [-0.3, -0.25) is 4.79 Å². The van der Waals surface area contributed by atoms with E-state index in [4.69, 9.17) is 4.74 Å². The van der Waals surface area contributed by atoms with E-state index in [2.05, 4.69) is 5.32 Å². The quantitative estimate of drug-likeness (QED) is 0.283.